The molecule has 0 saturated carbocycles. The summed E-state index contributed by atoms with van der Waals surface area (Å²) in [7, 11) is -4.64. The molecule has 0 fully saturated rings. The van der Waals surface area contributed by atoms with E-state index < -0.39 is 13.8 Å². The van der Waals surface area contributed by atoms with Crippen molar-refractivity contribution in [3.63, 3.8) is 0 Å². The van der Waals surface area contributed by atoms with Gasteiger partial charge in [-0.2, -0.15) is 0 Å². The zero-order valence-corrected chi connectivity index (χ0v) is 8.11. The molecule has 0 spiro atoms. The van der Waals surface area contributed by atoms with E-state index in [1.54, 1.807) is 0 Å². The quantitative estimate of drug-likeness (QED) is 0.322. The van der Waals surface area contributed by atoms with Crippen molar-refractivity contribution in [2.45, 2.75) is 0 Å². The first-order valence-corrected chi connectivity index (χ1v) is 3.13. The van der Waals surface area contributed by atoms with Gasteiger partial charge in [-0.3, -0.25) is 11.7 Å². The van der Waals surface area contributed by atoms with Crippen LogP contribution < -0.4 is 0 Å². The first kappa shape index (κ1) is 16.7. The maximum Gasteiger partial charge on any atom is 0.466 e. The van der Waals surface area contributed by atoms with Crippen LogP contribution >= 0.6 is 7.82 Å². The summed E-state index contributed by atoms with van der Waals surface area (Å²) in [5.74, 6) is -1.08. The predicted molar refractivity (Wildman–Crippen MR) is 27.3 cm³/mol. The Kier molecular flexibility index (Phi) is 12.5. The molecule has 0 rings (SSSR count). The zero-order valence-electron chi connectivity index (χ0n) is 4.76. The van der Waals surface area contributed by atoms with E-state index in [1.807, 2.05) is 0 Å². The van der Waals surface area contributed by atoms with Gasteiger partial charge in [0.15, 0.2) is 5.97 Å². The van der Waals surface area contributed by atoms with E-state index in [4.69, 9.17) is 29.1 Å². The average Bonchev–Trinajstić information content (AvgIpc) is 1.19. The van der Waals surface area contributed by atoms with Crippen molar-refractivity contribution in [1.82, 2.24) is 0 Å². The summed E-state index contributed by atoms with van der Waals surface area (Å²) in [5, 5.41) is 7.31. The van der Waals surface area contributed by atoms with Crippen LogP contribution in [0.5, 0.6) is 0 Å². The molecule has 0 aliphatic carbocycles. The number of phosphoric acid groups is 1. The molecule has 0 aromatic heterocycles. The summed E-state index contributed by atoms with van der Waals surface area (Å²) in [6, 6.07) is 0. The number of hydrogen-bond donors (Lipinski definition) is 4. The first-order valence-electron chi connectivity index (χ1n) is 1.56. The SMILES string of the molecule is O=P(O)(O)O.[CH2-]C(=O)O.[Zr]. The minimum Gasteiger partial charge on any atom is -0.503 e. The minimum absolute atomic E-state index is 0. The second-order valence-corrected chi connectivity index (χ2v) is 1.93. The molecule has 8 heteroatoms. The molecule has 6 nitrogen and oxygen atoms in total. The molecular formula is C2H6O6PZr-. The molecule has 0 saturated heterocycles. The Bertz CT molecular complexity index is 115. The van der Waals surface area contributed by atoms with Crippen LogP contribution in [0.2, 0.25) is 0 Å². The molecule has 0 bridgehead atoms. The third-order valence-corrected chi connectivity index (χ3v) is 0. The van der Waals surface area contributed by atoms with E-state index in [9.17, 15) is 0 Å². The number of aliphatic carboxylic acids is 1. The van der Waals surface area contributed by atoms with E-state index in [1.165, 1.54) is 0 Å². The van der Waals surface area contributed by atoms with E-state index in [-0.39, 0.29) is 26.2 Å². The van der Waals surface area contributed by atoms with Crippen molar-refractivity contribution in [1.29, 1.82) is 0 Å². The predicted octanol–water partition coefficient (Wildman–Crippen LogP) is -1.03. The number of hydrogen-bond acceptors (Lipinski definition) is 2. The van der Waals surface area contributed by atoms with Gasteiger partial charge in [0.05, 0.1) is 0 Å². The molecule has 0 radical (unpaired) electrons. The molecule has 0 heterocycles. The monoisotopic (exact) mass is 247 g/mol. The maximum absolute atomic E-state index is 8.89. The van der Waals surface area contributed by atoms with Gasteiger partial charge in [-0.1, -0.05) is 0 Å². The van der Waals surface area contributed by atoms with E-state index in [0.717, 1.165) is 0 Å². The van der Waals surface area contributed by atoms with Crippen LogP contribution in [0.4, 0.5) is 0 Å². The Balaban J connectivity index is -0.0000000910. The molecular weight excluding hydrogens is 242 g/mol. The Hall–Kier alpha value is 0.333. The summed E-state index contributed by atoms with van der Waals surface area (Å²) < 4.78 is 8.88. The summed E-state index contributed by atoms with van der Waals surface area (Å²) >= 11 is 0. The van der Waals surface area contributed by atoms with Crippen LogP contribution in [0.15, 0.2) is 0 Å². The van der Waals surface area contributed by atoms with Crippen molar-refractivity contribution in [3.05, 3.63) is 6.92 Å². The number of carboxylic acid groups (broad SMARTS) is 1. The number of rotatable bonds is 0. The summed E-state index contributed by atoms with van der Waals surface area (Å²) in [6.07, 6.45) is 0. The standard InChI is InChI=1S/C2H3O2.H3O4P.Zr/c1-2(3)4;1-5(2,3)4;/h1H2,(H,3,4);(H3,1,2,3,4);/q-1;;. The Morgan fingerprint density at radius 2 is 1.30 bits per heavy atom. The third kappa shape index (κ3) is 4040. The van der Waals surface area contributed by atoms with Crippen molar-refractivity contribution < 1.29 is 55.3 Å². The minimum atomic E-state index is -4.64. The fourth-order valence-electron chi connectivity index (χ4n) is 0. The zero-order chi connectivity index (χ0) is 8.08. The van der Waals surface area contributed by atoms with Crippen molar-refractivity contribution in [2.75, 3.05) is 0 Å². The van der Waals surface area contributed by atoms with E-state index >= 15 is 0 Å². The number of carboxylic acids is 1. The maximum atomic E-state index is 8.89. The Morgan fingerprint density at radius 3 is 1.30 bits per heavy atom. The average molecular weight is 248 g/mol. The smallest absolute Gasteiger partial charge is 0.466 e. The fraction of sp³-hybridized carbons (Fsp3) is 0. The van der Waals surface area contributed by atoms with Crippen LogP contribution in [0.3, 0.4) is 0 Å². The van der Waals surface area contributed by atoms with Crippen molar-refractivity contribution in [3.8, 4) is 0 Å². The summed E-state index contributed by atoms with van der Waals surface area (Å²) in [4.78, 5) is 30.5. The van der Waals surface area contributed by atoms with Crippen molar-refractivity contribution in [2.24, 2.45) is 0 Å². The van der Waals surface area contributed by atoms with E-state index in [2.05, 4.69) is 6.92 Å². The van der Waals surface area contributed by atoms with E-state index in [0.29, 0.717) is 0 Å². The van der Waals surface area contributed by atoms with Gasteiger partial charge < -0.3 is 19.8 Å². The Labute approximate surface area is 76.2 Å². The molecule has 0 unspecified atom stereocenters. The van der Waals surface area contributed by atoms with Crippen LogP contribution in [0.1, 0.15) is 0 Å². The molecule has 10 heavy (non-hydrogen) atoms. The molecule has 60 valence electrons. The van der Waals surface area contributed by atoms with Crippen LogP contribution in [0.25, 0.3) is 0 Å². The molecule has 0 aliphatic rings. The van der Waals surface area contributed by atoms with Gasteiger partial charge in [-0.25, -0.2) is 4.57 Å². The number of carbonyl (C=O) groups is 1. The van der Waals surface area contributed by atoms with Crippen LogP contribution in [0, 0.1) is 6.92 Å². The van der Waals surface area contributed by atoms with Crippen LogP contribution in [-0.2, 0) is 35.6 Å². The van der Waals surface area contributed by atoms with Gasteiger partial charge in [0, 0.05) is 26.2 Å². The molecule has 0 aromatic carbocycles. The molecule has 0 aromatic rings. The largest absolute Gasteiger partial charge is 0.503 e. The topological polar surface area (TPSA) is 115 Å². The van der Waals surface area contributed by atoms with Gasteiger partial charge in [0.25, 0.3) is 0 Å². The van der Waals surface area contributed by atoms with Gasteiger partial charge >= 0.3 is 7.82 Å². The molecule has 0 aliphatic heterocycles. The molecule has 0 amide bonds. The first-order chi connectivity index (χ1) is 3.73. The third-order valence-electron chi connectivity index (χ3n) is 0. The normalized spacial score (nSPS) is 8.30. The van der Waals surface area contributed by atoms with Gasteiger partial charge in [-0.05, 0) is 0 Å². The summed E-state index contributed by atoms with van der Waals surface area (Å²) in [6.45, 7) is 2.56. The molecule has 4 N–H and O–H groups in total. The second-order valence-electron chi connectivity index (χ2n) is 0.907. The van der Waals surface area contributed by atoms with Gasteiger partial charge in [-0.15, -0.1) is 0 Å². The van der Waals surface area contributed by atoms with Gasteiger partial charge in [0.2, 0.25) is 0 Å². The van der Waals surface area contributed by atoms with Gasteiger partial charge in [0.1, 0.15) is 0 Å². The summed E-state index contributed by atoms with van der Waals surface area (Å²) in [5.41, 5.74) is 0. The molecule has 0 atom stereocenters. The van der Waals surface area contributed by atoms with Crippen LogP contribution in [-0.4, -0.2) is 25.8 Å². The Morgan fingerprint density at radius 1 is 1.30 bits per heavy atom. The second kappa shape index (κ2) is 7.44. The fourth-order valence-corrected chi connectivity index (χ4v) is 0. The van der Waals surface area contributed by atoms with Crippen molar-refractivity contribution >= 4 is 13.8 Å².